The van der Waals surface area contributed by atoms with Crippen LogP contribution in [0, 0.1) is 0 Å². The molecule has 2 saturated heterocycles. The second kappa shape index (κ2) is 6.31. The summed E-state index contributed by atoms with van der Waals surface area (Å²) >= 11 is 0. The summed E-state index contributed by atoms with van der Waals surface area (Å²) in [5.41, 5.74) is -0.230. The Labute approximate surface area is 132 Å². The van der Waals surface area contributed by atoms with Gasteiger partial charge in [-0.3, -0.25) is 10.1 Å². The molecule has 3 fully saturated rings. The lowest BCUT2D eigenvalue weighted by molar-refractivity contribution is -0.231. The molecule has 132 valence electrons. The number of methoxy groups -OCH3 is 1. The fraction of sp³-hybridized carbons (Fsp3) is 0.933. The van der Waals surface area contributed by atoms with Gasteiger partial charge in [0.2, 0.25) is 6.29 Å². The molecule has 1 saturated carbocycles. The molecular weight excluding hydrogens is 315 g/mol. The number of nitrogens with one attached hydrogen (secondary N) is 1. The maximum absolute atomic E-state index is 12.9. The summed E-state index contributed by atoms with van der Waals surface area (Å²) in [5, 5.41) is 2.54. The van der Waals surface area contributed by atoms with E-state index < -0.39 is 30.7 Å². The number of rotatable bonds is 4. The average molecular weight is 337 g/mol. The van der Waals surface area contributed by atoms with Gasteiger partial charge in [0.25, 0.3) is 0 Å². The molecule has 3 rings (SSSR count). The minimum Gasteiger partial charge on any atom is -0.383 e. The molecule has 0 radical (unpaired) electrons. The van der Waals surface area contributed by atoms with Gasteiger partial charge in [-0.25, -0.2) is 0 Å². The molecule has 0 aromatic rings. The highest BCUT2D eigenvalue weighted by atomic mass is 19.4. The van der Waals surface area contributed by atoms with E-state index in [-0.39, 0.29) is 30.8 Å². The van der Waals surface area contributed by atoms with Crippen molar-refractivity contribution in [2.24, 2.45) is 0 Å². The Morgan fingerprint density at radius 1 is 1.30 bits per heavy atom. The highest BCUT2D eigenvalue weighted by Crippen LogP contribution is 2.47. The normalized spacial score (nSPS) is 37.1. The van der Waals surface area contributed by atoms with E-state index in [2.05, 4.69) is 5.32 Å². The van der Waals surface area contributed by atoms with Crippen molar-refractivity contribution >= 4 is 5.78 Å². The van der Waals surface area contributed by atoms with E-state index in [1.165, 1.54) is 7.11 Å². The zero-order valence-corrected chi connectivity index (χ0v) is 13.0. The van der Waals surface area contributed by atoms with Crippen LogP contribution in [0.5, 0.6) is 0 Å². The van der Waals surface area contributed by atoms with Crippen molar-refractivity contribution in [3.05, 3.63) is 0 Å². The van der Waals surface area contributed by atoms with Crippen LogP contribution in [-0.4, -0.2) is 55.8 Å². The number of carbonyl (C=O) groups excluding carboxylic acids is 1. The van der Waals surface area contributed by atoms with Crippen LogP contribution < -0.4 is 5.32 Å². The number of halogens is 3. The summed E-state index contributed by atoms with van der Waals surface area (Å²) in [6, 6.07) is -2.19. The number of carbonyl (C=O) groups is 1. The molecule has 4 unspecified atom stereocenters. The molecule has 8 heteroatoms. The van der Waals surface area contributed by atoms with Gasteiger partial charge in [-0.05, 0) is 32.1 Å². The molecule has 0 aromatic heterocycles. The molecule has 1 N–H and O–H groups in total. The summed E-state index contributed by atoms with van der Waals surface area (Å²) in [5.74, 6) is -0.128. The predicted molar refractivity (Wildman–Crippen MR) is 73.8 cm³/mol. The molecule has 0 amide bonds. The molecule has 0 aromatic carbocycles. The van der Waals surface area contributed by atoms with Crippen molar-refractivity contribution in [1.82, 2.24) is 5.32 Å². The smallest absolute Gasteiger partial charge is 0.383 e. The monoisotopic (exact) mass is 337 g/mol. The Hall–Kier alpha value is -0.700. The predicted octanol–water partition coefficient (Wildman–Crippen LogP) is 1.94. The van der Waals surface area contributed by atoms with Gasteiger partial charge in [0.1, 0.15) is 6.04 Å². The standard InChI is InChI=1S/C15H22F3NO4/c1-21-8-9-11(2-3-12(19-9)15(16,17)18)22-13-10(20)4-5-14(23-13)6-7-14/h9,11-13,19H,2-8H2,1H3. The van der Waals surface area contributed by atoms with Crippen LogP contribution in [0.1, 0.15) is 38.5 Å². The number of hydrogen-bond acceptors (Lipinski definition) is 5. The number of piperidine rings is 1. The minimum atomic E-state index is -4.30. The first-order valence-corrected chi connectivity index (χ1v) is 8.01. The van der Waals surface area contributed by atoms with Crippen LogP contribution in [0.3, 0.4) is 0 Å². The van der Waals surface area contributed by atoms with Crippen LogP contribution >= 0.6 is 0 Å². The Bertz CT molecular complexity index is 452. The van der Waals surface area contributed by atoms with Crippen molar-refractivity contribution < 1.29 is 32.2 Å². The van der Waals surface area contributed by atoms with Crippen molar-refractivity contribution in [1.29, 1.82) is 0 Å². The summed E-state index contributed by atoms with van der Waals surface area (Å²) in [6.07, 6.45) is -2.70. The van der Waals surface area contributed by atoms with Crippen LogP contribution in [0.2, 0.25) is 0 Å². The van der Waals surface area contributed by atoms with E-state index in [4.69, 9.17) is 14.2 Å². The van der Waals surface area contributed by atoms with Crippen molar-refractivity contribution in [3.63, 3.8) is 0 Å². The average Bonchev–Trinajstić information content (AvgIpc) is 3.23. The Morgan fingerprint density at radius 2 is 2.04 bits per heavy atom. The molecule has 2 aliphatic heterocycles. The Kier molecular flexibility index (Phi) is 4.70. The number of ketones is 1. The van der Waals surface area contributed by atoms with Gasteiger partial charge in [-0.15, -0.1) is 0 Å². The molecule has 2 heterocycles. The minimum absolute atomic E-state index is 0.0829. The zero-order valence-electron chi connectivity index (χ0n) is 13.0. The van der Waals surface area contributed by atoms with E-state index >= 15 is 0 Å². The van der Waals surface area contributed by atoms with Gasteiger partial charge in [0.15, 0.2) is 5.78 Å². The molecule has 3 aliphatic rings. The van der Waals surface area contributed by atoms with E-state index in [9.17, 15) is 18.0 Å². The molecule has 4 atom stereocenters. The number of alkyl halides is 3. The third-order valence-electron chi connectivity index (χ3n) is 4.90. The van der Waals surface area contributed by atoms with Crippen LogP contribution in [-0.2, 0) is 19.0 Å². The van der Waals surface area contributed by atoms with Crippen LogP contribution in [0.4, 0.5) is 13.2 Å². The molecule has 1 aliphatic carbocycles. The first kappa shape index (κ1) is 17.1. The molecular formula is C15H22F3NO4. The summed E-state index contributed by atoms with van der Waals surface area (Å²) in [4.78, 5) is 12.0. The second-order valence-corrected chi connectivity index (χ2v) is 6.67. The van der Waals surface area contributed by atoms with Crippen LogP contribution in [0.15, 0.2) is 0 Å². The Morgan fingerprint density at radius 3 is 2.65 bits per heavy atom. The summed E-state index contributed by atoms with van der Waals surface area (Å²) in [7, 11) is 1.43. The lowest BCUT2D eigenvalue weighted by Crippen LogP contribution is -2.59. The van der Waals surface area contributed by atoms with Gasteiger partial charge >= 0.3 is 6.18 Å². The molecule has 5 nitrogen and oxygen atoms in total. The van der Waals surface area contributed by atoms with Gasteiger partial charge in [0.05, 0.1) is 24.4 Å². The van der Waals surface area contributed by atoms with Crippen molar-refractivity contribution in [2.75, 3.05) is 13.7 Å². The van der Waals surface area contributed by atoms with Gasteiger partial charge in [-0.1, -0.05) is 0 Å². The third kappa shape index (κ3) is 3.87. The Balaban J connectivity index is 1.62. The third-order valence-corrected chi connectivity index (χ3v) is 4.90. The van der Waals surface area contributed by atoms with Crippen molar-refractivity contribution in [2.45, 2.75) is 74.8 Å². The highest BCUT2D eigenvalue weighted by Gasteiger charge is 2.52. The maximum atomic E-state index is 12.9. The SMILES string of the molecule is COCC1NC(C(F)(F)F)CCC1OC1OC2(CCC1=O)CC2. The first-order valence-electron chi connectivity index (χ1n) is 8.01. The second-order valence-electron chi connectivity index (χ2n) is 6.67. The largest absolute Gasteiger partial charge is 0.403 e. The summed E-state index contributed by atoms with van der Waals surface area (Å²) in [6.45, 7) is 0.0866. The molecule has 0 bridgehead atoms. The zero-order chi connectivity index (χ0) is 16.7. The highest BCUT2D eigenvalue weighted by molar-refractivity contribution is 5.82. The number of Topliss-reactive ketones (excluding diaryl/α,β-unsaturated/α-hetero) is 1. The van der Waals surface area contributed by atoms with Gasteiger partial charge < -0.3 is 14.2 Å². The van der Waals surface area contributed by atoms with Gasteiger partial charge in [-0.2, -0.15) is 13.2 Å². The maximum Gasteiger partial charge on any atom is 0.403 e. The van der Waals surface area contributed by atoms with E-state index in [0.717, 1.165) is 12.8 Å². The fourth-order valence-electron chi connectivity index (χ4n) is 3.33. The fourth-order valence-corrected chi connectivity index (χ4v) is 3.33. The van der Waals surface area contributed by atoms with Crippen molar-refractivity contribution in [3.8, 4) is 0 Å². The van der Waals surface area contributed by atoms with E-state index in [1.807, 2.05) is 0 Å². The van der Waals surface area contributed by atoms with E-state index in [0.29, 0.717) is 12.8 Å². The summed E-state index contributed by atoms with van der Waals surface area (Å²) < 4.78 is 55.2. The van der Waals surface area contributed by atoms with E-state index in [1.54, 1.807) is 0 Å². The topological polar surface area (TPSA) is 56.8 Å². The first-order chi connectivity index (χ1) is 10.8. The van der Waals surface area contributed by atoms with Crippen LogP contribution in [0.25, 0.3) is 0 Å². The number of hydrogen-bond donors (Lipinski definition) is 1. The quantitative estimate of drug-likeness (QED) is 0.850. The molecule has 1 spiro atoms. The lowest BCUT2D eigenvalue weighted by atomic mass is 9.95. The lowest BCUT2D eigenvalue weighted by Gasteiger charge is -2.40. The molecule has 23 heavy (non-hydrogen) atoms. The number of ether oxygens (including phenoxy) is 3. The van der Waals surface area contributed by atoms with Gasteiger partial charge in [0, 0.05) is 13.5 Å².